The van der Waals surface area contributed by atoms with E-state index in [1.807, 2.05) is 18.7 Å². The van der Waals surface area contributed by atoms with Gasteiger partial charge in [-0.05, 0) is 32.9 Å². The van der Waals surface area contributed by atoms with Crippen LogP contribution in [-0.2, 0) is 6.42 Å². The summed E-state index contributed by atoms with van der Waals surface area (Å²) in [4.78, 5) is 10.4. The number of aliphatic imine (C=N–C) groups is 1. The Kier molecular flexibility index (Phi) is 11.2. The van der Waals surface area contributed by atoms with Crippen molar-refractivity contribution in [3.63, 3.8) is 0 Å². The van der Waals surface area contributed by atoms with Crippen molar-refractivity contribution >= 4 is 53.0 Å². The molecular weight excluding hydrogens is 463 g/mol. The van der Waals surface area contributed by atoms with Gasteiger partial charge >= 0.3 is 0 Å². The Hall–Kier alpha value is -0.800. The van der Waals surface area contributed by atoms with Crippen molar-refractivity contribution in [1.29, 1.82) is 0 Å². The van der Waals surface area contributed by atoms with Crippen molar-refractivity contribution in [1.82, 2.24) is 15.6 Å². The Morgan fingerprint density at radius 3 is 2.60 bits per heavy atom. The van der Waals surface area contributed by atoms with Crippen molar-refractivity contribution in [2.75, 3.05) is 25.4 Å². The normalized spacial score (nSPS) is 11.1. The molecule has 0 unspecified atom stereocenters. The van der Waals surface area contributed by atoms with E-state index in [9.17, 15) is 0 Å². The predicted octanol–water partition coefficient (Wildman–Crippen LogP) is 4.27. The summed E-state index contributed by atoms with van der Waals surface area (Å²) in [6.45, 7) is 8.75. The summed E-state index contributed by atoms with van der Waals surface area (Å²) in [6, 6.07) is 8.66. The van der Waals surface area contributed by atoms with Gasteiger partial charge < -0.3 is 10.6 Å². The highest BCUT2D eigenvalue weighted by molar-refractivity contribution is 14.0. The highest BCUT2D eigenvalue weighted by atomic mass is 127. The minimum absolute atomic E-state index is 0. The molecule has 0 amide bonds. The summed E-state index contributed by atoms with van der Waals surface area (Å²) in [5, 5.41) is 9.92. The lowest BCUT2D eigenvalue weighted by Gasteiger charge is -2.11. The lowest BCUT2D eigenvalue weighted by atomic mass is 10.2. The van der Waals surface area contributed by atoms with E-state index < -0.39 is 0 Å². The van der Waals surface area contributed by atoms with Crippen LogP contribution in [0.15, 0.2) is 39.5 Å². The standard InChI is InChI=1S/C18H26N4S2.HI/c1-4-19-18(20-10-9-16-13-24-15(3)22-16)21-11-12-23-17-7-5-14(2)6-8-17;/h5-8,13H,4,9-12H2,1-3H3,(H2,19,20,21);1H. The van der Waals surface area contributed by atoms with Gasteiger partial charge in [0.1, 0.15) is 0 Å². The third-order valence-corrected chi connectivity index (χ3v) is 5.17. The van der Waals surface area contributed by atoms with Crippen molar-refractivity contribution in [3.8, 4) is 0 Å². The molecule has 2 N–H and O–H groups in total. The van der Waals surface area contributed by atoms with Crippen LogP contribution in [0, 0.1) is 13.8 Å². The fourth-order valence-corrected chi connectivity index (χ4v) is 3.54. The molecule has 0 fully saturated rings. The number of nitrogens with zero attached hydrogens (tertiary/aromatic N) is 2. The topological polar surface area (TPSA) is 49.3 Å². The van der Waals surface area contributed by atoms with Gasteiger partial charge in [-0.1, -0.05) is 17.7 Å². The molecule has 0 bridgehead atoms. The van der Waals surface area contributed by atoms with E-state index in [1.165, 1.54) is 10.5 Å². The van der Waals surface area contributed by atoms with E-state index in [1.54, 1.807) is 11.3 Å². The van der Waals surface area contributed by atoms with Crippen LogP contribution in [-0.4, -0.2) is 36.3 Å². The highest BCUT2D eigenvalue weighted by Gasteiger charge is 2.00. The SMILES string of the molecule is CCNC(=NCCc1csc(C)n1)NCCSc1ccc(C)cc1.I. The first kappa shape index (κ1) is 22.2. The zero-order chi connectivity index (χ0) is 17.2. The van der Waals surface area contributed by atoms with E-state index in [2.05, 4.69) is 64.1 Å². The van der Waals surface area contributed by atoms with Gasteiger partial charge in [-0.15, -0.1) is 47.1 Å². The second kappa shape index (κ2) is 12.5. The first-order valence-corrected chi connectivity index (χ1v) is 10.2. The molecule has 0 saturated carbocycles. The molecule has 0 aliphatic carbocycles. The Balaban J connectivity index is 0.00000312. The van der Waals surface area contributed by atoms with Crippen molar-refractivity contribution in [2.24, 2.45) is 4.99 Å². The van der Waals surface area contributed by atoms with E-state index >= 15 is 0 Å². The van der Waals surface area contributed by atoms with Gasteiger partial charge in [0.25, 0.3) is 0 Å². The molecule has 2 aromatic rings. The second-order valence-electron chi connectivity index (χ2n) is 5.46. The number of halogens is 1. The quantitative estimate of drug-likeness (QED) is 0.191. The number of guanidine groups is 1. The summed E-state index contributed by atoms with van der Waals surface area (Å²) < 4.78 is 0. The van der Waals surface area contributed by atoms with Gasteiger partial charge in [-0.3, -0.25) is 4.99 Å². The van der Waals surface area contributed by atoms with Crippen LogP contribution in [0.3, 0.4) is 0 Å². The van der Waals surface area contributed by atoms with Gasteiger partial charge in [0.2, 0.25) is 0 Å². The smallest absolute Gasteiger partial charge is 0.191 e. The Morgan fingerprint density at radius 2 is 1.96 bits per heavy atom. The van der Waals surface area contributed by atoms with Crippen LogP contribution >= 0.6 is 47.1 Å². The molecule has 0 radical (unpaired) electrons. The van der Waals surface area contributed by atoms with Crippen molar-refractivity contribution in [3.05, 3.63) is 45.9 Å². The van der Waals surface area contributed by atoms with Gasteiger partial charge in [0.05, 0.1) is 10.7 Å². The number of aromatic nitrogens is 1. The largest absolute Gasteiger partial charge is 0.357 e. The number of rotatable bonds is 8. The number of aryl methyl sites for hydroxylation is 2. The maximum atomic E-state index is 4.62. The van der Waals surface area contributed by atoms with E-state index in [0.29, 0.717) is 0 Å². The zero-order valence-corrected chi connectivity index (χ0v) is 19.0. The average Bonchev–Trinajstić information content (AvgIpc) is 2.98. The molecule has 4 nitrogen and oxygen atoms in total. The Morgan fingerprint density at radius 1 is 1.20 bits per heavy atom. The van der Waals surface area contributed by atoms with Crippen molar-refractivity contribution in [2.45, 2.75) is 32.1 Å². The van der Waals surface area contributed by atoms with E-state index in [4.69, 9.17) is 0 Å². The van der Waals surface area contributed by atoms with Gasteiger partial charge in [-0.25, -0.2) is 4.98 Å². The second-order valence-corrected chi connectivity index (χ2v) is 7.69. The lowest BCUT2D eigenvalue weighted by Crippen LogP contribution is -2.38. The molecule has 0 aliphatic rings. The van der Waals surface area contributed by atoms with Crippen molar-refractivity contribution < 1.29 is 0 Å². The molecule has 0 saturated heterocycles. The van der Waals surface area contributed by atoms with Crippen LogP contribution in [0.25, 0.3) is 0 Å². The van der Waals surface area contributed by atoms with Crippen LogP contribution in [0.4, 0.5) is 0 Å². The zero-order valence-electron chi connectivity index (χ0n) is 15.0. The predicted molar refractivity (Wildman–Crippen MR) is 122 cm³/mol. The van der Waals surface area contributed by atoms with Gasteiger partial charge in [0, 0.05) is 42.1 Å². The number of thioether (sulfide) groups is 1. The molecule has 7 heteroatoms. The third kappa shape index (κ3) is 8.91. The fraction of sp³-hybridized carbons (Fsp3) is 0.444. The maximum Gasteiger partial charge on any atom is 0.191 e. The monoisotopic (exact) mass is 490 g/mol. The summed E-state index contributed by atoms with van der Waals surface area (Å²) in [5.41, 5.74) is 2.43. The number of benzene rings is 1. The molecule has 1 heterocycles. The van der Waals surface area contributed by atoms with Crippen LogP contribution in [0.1, 0.15) is 23.2 Å². The number of hydrogen-bond acceptors (Lipinski definition) is 4. The number of thiazole rings is 1. The summed E-state index contributed by atoms with van der Waals surface area (Å²) in [7, 11) is 0. The molecular formula is C18H27IN4S2. The van der Waals surface area contributed by atoms with Gasteiger partial charge in [-0.2, -0.15) is 0 Å². The average molecular weight is 490 g/mol. The Labute approximate surface area is 176 Å². The van der Waals surface area contributed by atoms with Crippen LogP contribution in [0.2, 0.25) is 0 Å². The number of nitrogens with one attached hydrogen (secondary N) is 2. The van der Waals surface area contributed by atoms with Gasteiger partial charge in [0.15, 0.2) is 5.96 Å². The Bertz CT molecular complexity index is 641. The highest BCUT2D eigenvalue weighted by Crippen LogP contribution is 2.17. The molecule has 1 aromatic heterocycles. The molecule has 1 aromatic carbocycles. The summed E-state index contributed by atoms with van der Waals surface area (Å²) >= 11 is 3.55. The molecule has 0 aliphatic heterocycles. The molecule has 0 atom stereocenters. The first-order chi connectivity index (χ1) is 11.7. The molecule has 0 spiro atoms. The van der Waals surface area contributed by atoms with Crippen LogP contribution in [0.5, 0.6) is 0 Å². The third-order valence-electron chi connectivity index (χ3n) is 3.33. The molecule has 2 rings (SSSR count). The first-order valence-electron chi connectivity index (χ1n) is 8.30. The minimum Gasteiger partial charge on any atom is -0.357 e. The summed E-state index contributed by atoms with van der Waals surface area (Å²) in [6.07, 6.45) is 0.888. The van der Waals surface area contributed by atoms with E-state index in [0.717, 1.165) is 48.5 Å². The van der Waals surface area contributed by atoms with Crippen LogP contribution < -0.4 is 10.6 Å². The minimum atomic E-state index is 0. The number of hydrogen-bond donors (Lipinski definition) is 2. The van der Waals surface area contributed by atoms with E-state index in [-0.39, 0.29) is 24.0 Å². The summed E-state index contributed by atoms with van der Waals surface area (Å²) in [5.74, 6) is 1.90. The fourth-order valence-electron chi connectivity index (χ4n) is 2.12. The maximum absolute atomic E-state index is 4.62. The lowest BCUT2D eigenvalue weighted by molar-refractivity contribution is 0.831. The molecule has 138 valence electrons. The molecule has 25 heavy (non-hydrogen) atoms.